The van der Waals surface area contributed by atoms with Crippen molar-refractivity contribution in [2.75, 3.05) is 6.61 Å². The molecule has 2 N–H and O–H groups in total. The molecule has 2 heteroatoms. The lowest BCUT2D eigenvalue weighted by Gasteiger charge is -2.24. The van der Waals surface area contributed by atoms with Gasteiger partial charge in [-0.1, -0.05) is 84.9 Å². The molecular formula is C23H20O2. The minimum absolute atomic E-state index is 0.113. The average molecular weight is 328 g/mol. The van der Waals surface area contributed by atoms with E-state index in [1.54, 1.807) is 0 Å². The smallest absolute Gasteiger partial charge is 0.0880 e. The van der Waals surface area contributed by atoms with Gasteiger partial charge in [-0.2, -0.15) is 0 Å². The summed E-state index contributed by atoms with van der Waals surface area (Å²) in [6.45, 7) is -0.113. The van der Waals surface area contributed by atoms with Crippen LogP contribution in [0.5, 0.6) is 0 Å². The second kappa shape index (κ2) is 6.67. The number of aliphatic hydroxyl groups excluding tert-OH is 2. The van der Waals surface area contributed by atoms with Crippen LogP contribution < -0.4 is 0 Å². The van der Waals surface area contributed by atoms with Gasteiger partial charge in [-0.3, -0.25) is 0 Å². The largest absolute Gasteiger partial charge is 0.396 e. The van der Waals surface area contributed by atoms with Gasteiger partial charge in [0.1, 0.15) is 0 Å². The van der Waals surface area contributed by atoms with E-state index in [2.05, 4.69) is 30.3 Å². The SMILES string of the molecule is OCC(c1cc2ccccc2c2ccccc12)C(O)c1ccccc1. The van der Waals surface area contributed by atoms with E-state index in [-0.39, 0.29) is 12.5 Å². The van der Waals surface area contributed by atoms with Crippen LogP contribution in [-0.4, -0.2) is 16.8 Å². The molecule has 4 aromatic carbocycles. The van der Waals surface area contributed by atoms with Crippen molar-refractivity contribution in [1.29, 1.82) is 0 Å². The van der Waals surface area contributed by atoms with Crippen molar-refractivity contribution < 1.29 is 10.2 Å². The Bertz CT molecular complexity index is 1010. The van der Waals surface area contributed by atoms with Crippen LogP contribution in [-0.2, 0) is 0 Å². The molecule has 124 valence electrons. The molecule has 2 nitrogen and oxygen atoms in total. The minimum atomic E-state index is -0.754. The predicted molar refractivity (Wildman–Crippen MR) is 103 cm³/mol. The summed E-state index contributed by atoms with van der Waals surface area (Å²) in [6, 6.07) is 28.1. The maximum atomic E-state index is 10.9. The van der Waals surface area contributed by atoms with Crippen LogP contribution in [0, 0.1) is 0 Å². The summed E-state index contributed by atoms with van der Waals surface area (Å²) < 4.78 is 0. The number of hydrogen-bond acceptors (Lipinski definition) is 2. The Morgan fingerprint density at radius 3 is 2.00 bits per heavy atom. The number of aliphatic hydroxyl groups is 2. The highest BCUT2D eigenvalue weighted by molar-refractivity contribution is 6.09. The molecule has 0 aliphatic rings. The highest BCUT2D eigenvalue weighted by atomic mass is 16.3. The van der Waals surface area contributed by atoms with E-state index in [1.165, 1.54) is 5.39 Å². The van der Waals surface area contributed by atoms with Gasteiger partial charge in [0.2, 0.25) is 0 Å². The summed E-state index contributed by atoms with van der Waals surface area (Å²) in [6.07, 6.45) is -0.754. The zero-order valence-corrected chi connectivity index (χ0v) is 13.8. The fourth-order valence-corrected chi connectivity index (χ4v) is 3.64. The van der Waals surface area contributed by atoms with Gasteiger partial charge in [0.15, 0.2) is 0 Å². The van der Waals surface area contributed by atoms with Crippen LogP contribution in [0.15, 0.2) is 84.9 Å². The highest BCUT2D eigenvalue weighted by Gasteiger charge is 2.24. The van der Waals surface area contributed by atoms with Crippen molar-refractivity contribution in [2.24, 2.45) is 0 Å². The van der Waals surface area contributed by atoms with Gasteiger partial charge in [-0.25, -0.2) is 0 Å². The minimum Gasteiger partial charge on any atom is -0.396 e. The van der Waals surface area contributed by atoms with Crippen LogP contribution in [0.3, 0.4) is 0 Å². The van der Waals surface area contributed by atoms with E-state index >= 15 is 0 Å². The molecule has 4 aromatic rings. The van der Waals surface area contributed by atoms with Gasteiger partial charge in [0, 0.05) is 5.92 Å². The quantitative estimate of drug-likeness (QED) is 0.528. The van der Waals surface area contributed by atoms with E-state index in [4.69, 9.17) is 0 Å². The molecule has 0 heterocycles. The summed E-state index contributed by atoms with van der Waals surface area (Å²) in [5.41, 5.74) is 1.80. The lowest BCUT2D eigenvalue weighted by Crippen LogP contribution is -2.15. The fraction of sp³-hybridized carbons (Fsp3) is 0.130. The van der Waals surface area contributed by atoms with Crippen LogP contribution in [0.2, 0.25) is 0 Å². The normalized spacial score (nSPS) is 13.8. The number of hydrogen-bond donors (Lipinski definition) is 2. The van der Waals surface area contributed by atoms with Crippen molar-refractivity contribution in [3.8, 4) is 0 Å². The Labute approximate surface area is 147 Å². The molecule has 0 fully saturated rings. The first-order valence-electron chi connectivity index (χ1n) is 8.54. The molecule has 0 saturated carbocycles. The number of fused-ring (bicyclic) bond motifs is 3. The Morgan fingerprint density at radius 2 is 1.28 bits per heavy atom. The van der Waals surface area contributed by atoms with Crippen molar-refractivity contribution in [2.45, 2.75) is 12.0 Å². The zero-order chi connectivity index (χ0) is 17.2. The van der Waals surface area contributed by atoms with Crippen molar-refractivity contribution in [3.05, 3.63) is 96.1 Å². The third kappa shape index (κ3) is 2.80. The topological polar surface area (TPSA) is 40.5 Å². The van der Waals surface area contributed by atoms with Crippen LogP contribution >= 0.6 is 0 Å². The molecule has 0 amide bonds. The molecular weight excluding hydrogens is 308 g/mol. The Morgan fingerprint density at radius 1 is 0.680 bits per heavy atom. The van der Waals surface area contributed by atoms with E-state index in [0.29, 0.717) is 0 Å². The summed E-state index contributed by atoms with van der Waals surface area (Å²) >= 11 is 0. The molecule has 0 saturated heterocycles. The second-order valence-electron chi connectivity index (χ2n) is 6.38. The zero-order valence-electron chi connectivity index (χ0n) is 13.8. The van der Waals surface area contributed by atoms with E-state index in [9.17, 15) is 10.2 Å². The van der Waals surface area contributed by atoms with Crippen molar-refractivity contribution in [3.63, 3.8) is 0 Å². The predicted octanol–water partition coefficient (Wildman–Crippen LogP) is 4.80. The summed E-state index contributed by atoms with van der Waals surface area (Å²) in [4.78, 5) is 0. The first kappa shape index (κ1) is 15.8. The molecule has 0 aromatic heterocycles. The maximum Gasteiger partial charge on any atom is 0.0880 e. The Kier molecular flexibility index (Phi) is 4.22. The van der Waals surface area contributed by atoms with Crippen LogP contribution in [0.4, 0.5) is 0 Å². The summed E-state index contributed by atoms with van der Waals surface area (Å²) in [7, 11) is 0. The third-order valence-electron chi connectivity index (χ3n) is 4.92. The van der Waals surface area contributed by atoms with Crippen molar-refractivity contribution >= 4 is 21.5 Å². The molecule has 2 unspecified atom stereocenters. The molecule has 0 spiro atoms. The highest BCUT2D eigenvalue weighted by Crippen LogP contribution is 2.38. The maximum absolute atomic E-state index is 10.9. The van der Waals surface area contributed by atoms with Gasteiger partial charge < -0.3 is 10.2 Å². The molecule has 0 aliphatic heterocycles. The van der Waals surface area contributed by atoms with Gasteiger partial charge in [-0.15, -0.1) is 0 Å². The first-order valence-corrected chi connectivity index (χ1v) is 8.54. The summed E-state index contributed by atoms with van der Waals surface area (Å²) in [5, 5.41) is 25.5. The number of rotatable bonds is 4. The van der Waals surface area contributed by atoms with Gasteiger partial charge in [0.05, 0.1) is 12.7 Å². The molecule has 0 aliphatic carbocycles. The molecule has 0 bridgehead atoms. The lowest BCUT2D eigenvalue weighted by molar-refractivity contribution is 0.107. The van der Waals surface area contributed by atoms with Gasteiger partial charge in [0.25, 0.3) is 0 Å². The molecule has 4 rings (SSSR count). The first-order chi connectivity index (χ1) is 12.3. The van der Waals surface area contributed by atoms with E-state index in [0.717, 1.165) is 27.3 Å². The Hall–Kier alpha value is -2.68. The van der Waals surface area contributed by atoms with E-state index < -0.39 is 6.10 Å². The third-order valence-corrected chi connectivity index (χ3v) is 4.92. The molecule has 25 heavy (non-hydrogen) atoms. The fourth-order valence-electron chi connectivity index (χ4n) is 3.64. The number of benzene rings is 4. The van der Waals surface area contributed by atoms with Gasteiger partial charge >= 0.3 is 0 Å². The van der Waals surface area contributed by atoms with Crippen LogP contribution in [0.25, 0.3) is 21.5 Å². The van der Waals surface area contributed by atoms with Crippen molar-refractivity contribution in [1.82, 2.24) is 0 Å². The van der Waals surface area contributed by atoms with Crippen LogP contribution in [0.1, 0.15) is 23.1 Å². The second-order valence-corrected chi connectivity index (χ2v) is 6.38. The summed E-state index contributed by atoms with van der Waals surface area (Å²) in [5.74, 6) is -0.378. The lowest BCUT2D eigenvalue weighted by atomic mass is 9.85. The van der Waals surface area contributed by atoms with Gasteiger partial charge in [-0.05, 0) is 32.7 Å². The Balaban J connectivity index is 1.94. The monoisotopic (exact) mass is 328 g/mol. The standard InChI is InChI=1S/C23H20O2/c24-15-22(23(25)16-8-2-1-3-9-16)21-14-17-10-4-5-11-18(17)19-12-6-7-13-20(19)21/h1-14,22-25H,15H2. The van der Waals surface area contributed by atoms with E-state index in [1.807, 2.05) is 54.6 Å². The molecule has 0 radical (unpaired) electrons. The molecule has 2 atom stereocenters. The average Bonchev–Trinajstić information content (AvgIpc) is 2.69.